The third kappa shape index (κ3) is 4.36. The van der Waals surface area contributed by atoms with Gasteiger partial charge in [-0.2, -0.15) is 5.10 Å². The molecule has 1 heterocycles. The third-order valence-electron chi connectivity index (χ3n) is 3.15. The Morgan fingerprint density at radius 3 is 2.70 bits per heavy atom. The quantitative estimate of drug-likeness (QED) is 0.557. The molecule has 1 aromatic heterocycles. The number of hydrogen-bond donors (Lipinski definition) is 2. The Balaban J connectivity index is 1.97. The van der Waals surface area contributed by atoms with Crippen LogP contribution in [0.4, 0.5) is 0 Å². The van der Waals surface area contributed by atoms with Crippen molar-refractivity contribution in [2.45, 2.75) is 13.3 Å². The second-order valence-corrected chi connectivity index (χ2v) is 6.83. The maximum atomic E-state index is 12.0. The molecule has 0 bridgehead atoms. The van der Waals surface area contributed by atoms with E-state index < -0.39 is 16.0 Å². The lowest BCUT2D eigenvalue weighted by Gasteiger charge is -2.07. The molecule has 0 atom stereocenters. The van der Waals surface area contributed by atoms with Crippen LogP contribution in [-0.4, -0.2) is 43.5 Å². The first kappa shape index (κ1) is 17.1. The summed E-state index contributed by atoms with van der Waals surface area (Å²) in [5, 5.41) is 6.75. The van der Waals surface area contributed by atoms with Crippen LogP contribution in [0.15, 0.2) is 29.1 Å². The predicted octanol–water partition coefficient (Wildman–Crippen LogP) is 0.409. The summed E-state index contributed by atoms with van der Waals surface area (Å²) in [7, 11) is -3.25. The summed E-state index contributed by atoms with van der Waals surface area (Å²) in [5.41, 5.74) is -0.361. The number of benzene rings is 1. The molecule has 0 radical (unpaired) electrons. The Bertz CT molecular complexity index is 860. The van der Waals surface area contributed by atoms with E-state index in [1.54, 1.807) is 24.3 Å². The minimum absolute atomic E-state index is 0.0000751. The summed E-state index contributed by atoms with van der Waals surface area (Å²) in [6, 6.07) is 6.59. The Morgan fingerprint density at radius 2 is 2.00 bits per heavy atom. The van der Waals surface area contributed by atoms with Gasteiger partial charge in [0.15, 0.2) is 5.69 Å². The summed E-state index contributed by atoms with van der Waals surface area (Å²) in [6.07, 6.45) is 0.340. The third-order valence-corrected chi connectivity index (χ3v) is 4.55. The van der Waals surface area contributed by atoms with Gasteiger partial charge in [-0.25, -0.2) is 23.0 Å². The molecule has 0 unspecified atom stereocenters. The number of sulfonamides is 1. The first-order chi connectivity index (χ1) is 10.9. The van der Waals surface area contributed by atoms with E-state index in [2.05, 4.69) is 14.9 Å². The number of aromatic nitrogens is 2. The molecular formula is C14H17N3O5S. The summed E-state index contributed by atoms with van der Waals surface area (Å²) < 4.78 is 29.9. The van der Waals surface area contributed by atoms with Crippen molar-refractivity contribution < 1.29 is 17.9 Å². The number of hydrogen-bond acceptors (Lipinski definition) is 6. The van der Waals surface area contributed by atoms with Crippen LogP contribution < -0.4 is 10.3 Å². The number of carbonyl (C=O) groups is 1. The zero-order valence-electron chi connectivity index (χ0n) is 12.5. The van der Waals surface area contributed by atoms with Crippen LogP contribution in [-0.2, 0) is 14.8 Å². The Hall–Kier alpha value is -2.26. The van der Waals surface area contributed by atoms with Crippen LogP contribution in [0.3, 0.4) is 0 Å². The van der Waals surface area contributed by atoms with E-state index in [1.807, 2.05) is 0 Å². The van der Waals surface area contributed by atoms with Gasteiger partial charge in [-0.3, -0.25) is 4.79 Å². The van der Waals surface area contributed by atoms with Crippen LogP contribution in [0.25, 0.3) is 10.8 Å². The zero-order valence-corrected chi connectivity index (χ0v) is 13.4. The number of esters is 1. The van der Waals surface area contributed by atoms with E-state index >= 15 is 0 Å². The highest BCUT2D eigenvalue weighted by molar-refractivity contribution is 7.89. The number of carbonyl (C=O) groups excluding carboxylic acids is 1. The number of fused-ring (bicyclic) bond motifs is 1. The largest absolute Gasteiger partial charge is 0.461 e. The van der Waals surface area contributed by atoms with Gasteiger partial charge in [-0.1, -0.05) is 18.2 Å². The van der Waals surface area contributed by atoms with Crippen molar-refractivity contribution in [2.75, 3.05) is 18.9 Å². The molecule has 124 valence electrons. The molecule has 0 saturated carbocycles. The SMILES string of the molecule is CCS(=O)(=O)NCCCOC(=O)c1n[nH]c(=O)c2ccccc12. The average molecular weight is 339 g/mol. The number of rotatable bonds is 7. The molecule has 0 fully saturated rings. The topological polar surface area (TPSA) is 118 Å². The second kappa shape index (κ2) is 7.34. The molecule has 9 heteroatoms. The Morgan fingerprint density at radius 1 is 1.30 bits per heavy atom. The minimum atomic E-state index is -3.25. The molecule has 23 heavy (non-hydrogen) atoms. The first-order valence-electron chi connectivity index (χ1n) is 7.06. The van der Waals surface area contributed by atoms with Crippen molar-refractivity contribution in [1.82, 2.24) is 14.9 Å². The lowest BCUT2D eigenvalue weighted by Crippen LogP contribution is -2.27. The maximum Gasteiger partial charge on any atom is 0.359 e. The number of nitrogens with one attached hydrogen (secondary N) is 2. The summed E-state index contributed by atoms with van der Waals surface area (Å²) in [6.45, 7) is 1.76. The molecular weight excluding hydrogens is 322 g/mol. The lowest BCUT2D eigenvalue weighted by molar-refractivity contribution is 0.0496. The standard InChI is InChI=1S/C14H17N3O5S/c1-2-23(20,21)15-8-5-9-22-14(19)12-10-6-3-4-7-11(10)13(18)17-16-12/h3-4,6-7,15H,2,5,8-9H2,1H3,(H,17,18). The van der Waals surface area contributed by atoms with Crippen LogP contribution in [0.1, 0.15) is 23.8 Å². The zero-order chi connectivity index (χ0) is 16.9. The van der Waals surface area contributed by atoms with Crippen LogP contribution in [0.2, 0.25) is 0 Å². The minimum Gasteiger partial charge on any atom is -0.461 e. The van der Waals surface area contributed by atoms with Gasteiger partial charge in [-0.15, -0.1) is 0 Å². The molecule has 1 aromatic carbocycles. The van der Waals surface area contributed by atoms with Gasteiger partial charge in [0.05, 0.1) is 17.7 Å². The van der Waals surface area contributed by atoms with Gasteiger partial charge < -0.3 is 4.74 Å². The van der Waals surface area contributed by atoms with Crippen molar-refractivity contribution in [3.05, 3.63) is 40.3 Å². The van der Waals surface area contributed by atoms with E-state index in [4.69, 9.17) is 4.74 Å². The van der Waals surface area contributed by atoms with Gasteiger partial charge in [0.25, 0.3) is 5.56 Å². The number of nitrogens with zero attached hydrogens (tertiary/aromatic N) is 1. The Kier molecular flexibility index (Phi) is 5.45. The van der Waals surface area contributed by atoms with Gasteiger partial charge in [0.1, 0.15) is 0 Å². The van der Waals surface area contributed by atoms with Gasteiger partial charge in [-0.05, 0) is 19.4 Å². The maximum absolute atomic E-state index is 12.0. The summed E-state index contributed by atoms with van der Waals surface area (Å²) in [5.74, 6) is -0.670. The molecule has 0 aliphatic heterocycles. The van der Waals surface area contributed by atoms with Crippen molar-refractivity contribution in [3.8, 4) is 0 Å². The van der Waals surface area contributed by atoms with Crippen LogP contribution in [0.5, 0.6) is 0 Å². The van der Waals surface area contributed by atoms with E-state index in [-0.39, 0.29) is 30.2 Å². The number of ether oxygens (including phenoxy) is 1. The molecule has 0 saturated heterocycles. The van der Waals surface area contributed by atoms with Crippen molar-refractivity contribution in [3.63, 3.8) is 0 Å². The smallest absolute Gasteiger partial charge is 0.359 e. The first-order valence-corrected chi connectivity index (χ1v) is 8.71. The molecule has 0 aliphatic rings. The Labute approximate surface area is 132 Å². The van der Waals surface area contributed by atoms with E-state index in [0.29, 0.717) is 17.2 Å². The van der Waals surface area contributed by atoms with Gasteiger partial charge in [0, 0.05) is 11.9 Å². The molecule has 0 spiro atoms. The fraction of sp³-hybridized carbons (Fsp3) is 0.357. The highest BCUT2D eigenvalue weighted by Gasteiger charge is 2.15. The monoisotopic (exact) mass is 339 g/mol. The van der Waals surface area contributed by atoms with Crippen molar-refractivity contribution in [2.24, 2.45) is 0 Å². The normalized spacial score (nSPS) is 11.5. The molecule has 0 aliphatic carbocycles. The van der Waals surface area contributed by atoms with Gasteiger partial charge >= 0.3 is 5.97 Å². The molecule has 2 N–H and O–H groups in total. The van der Waals surface area contributed by atoms with Crippen LogP contribution >= 0.6 is 0 Å². The fourth-order valence-corrected chi connectivity index (χ4v) is 2.56. The van der Waals surface area contributed by atoms with Crippen molar-refractivity contribution >= 4 is 26.8 Å². The summed E-state index contributed by atoms with van der Waals surface area (Å²) in [4.78, 5) is 23.7. The molecule has 0 amide bonds. The average Bonchev–Trinajstić information content (AvgIpc) is 2.55. The molecule has 8 nitrogen and oxygen atoms in total. The number of aromatic amines is 1. The van der Waals surface area contributed by atoms with Gasteiger partial charge in [0.2, 0.25) is 10.0 Å². The van der Waals surface area contributed by atoms with Crippen LogP contribution in [0, 0.1) is 0 Å². The second-order valence-electron chi connectivity index (χ2n) is 4.73. The fourth-order valence-electron chi connectivity index (χ4n) is 1.91. The predicted molar refractivity (Wildman–Crippen MR) is 84.7 cm³/mol. The molecule has 2 aromatic rings. The molecule has 2 rings (SSSR count). The lowest BCUT2D eigenvalue weighted by atomic mass is 10.1. The highest BCUT2D eigenvalue weighted by Crippen LogP contribution is 2.13. The van der Waals surface area contributed by atoms with E-state index in [9.17, 15) is 18.0 Å². The summed E-state index contributed by atoms with van der Waals surface area (Å²) >= 11 is 0. The van der Waals surface area contributed by atoms with E-state index in [0.717, 1.165) is 0 Å². The van der Waals surface area contributed by atoms with Crippen molar-refractivity contribution in [1.29, 1.82) is 0 Å². The number of H-pyrrole nitrogens is 1. The highest BCUT2D eigenvalue weighted by atomic mass is 32.2. The van der Waals surface area contributed by atoms with E-state index in [1.165, 1.54) is 6.92 Å².